The molecule has 1 fully saturated rings. The summed E-state index contributed by atoms with van der Waals surface area (Å²) in [6.07, 6.45) is 1.98. The van der Waals surface area contributed by atoms with E-state index < -0.39 is 0 Å². The van der Waals surface area contributed by atoms with Crippen LogP contribution in [0.4, 0.5) is 0 Å². The van der Waals surface area contributed by atoms with Crippen LogP contribution in [0.2, 0.25) is 0 Å². The monoisotopic (exact) mass is 363 g/mol. The molecule has 2 atom stereocenters. The number of ether oxygens (including phenoxy) is 1. The Morgan fingerprint density at radius 2 is 2.04 bits per heavy atom. The summed E-state index contributed by atoms with van der Waals surface area (Å²) in [7, 11) is 0. The lowest BCUT2D eigenvalue weighted by atomic mass is 9.97. The van der Waals surface area contributed by atoms with E-state index in [9.17, 15) is 9.59 Å². The summed E-state index contributed by atoms with van der Waals surface area (Å²) >= 11 is 0. The van der Waals surface area contributed by atoms with Gasteiger partial charge < -0.3 is 4.74 Å². The Morgan fingerprint density at radius 3 is 2.85 bits per heavy atom. The van der Waals surface area contributed by atoms with Crippen molar-refractivity contribution >= 4 is 11.6 Å². The first-order valence-corrected chi connectivity index (χ1v) is 9.74. The van der Waals surface area contributed by atoms with Crippen molar-refractivity contribution in [2.75, 3.05) is 19.7 Å². The van der Waals surface area contributed by atoms with Crippen molar-refractivity contribution in [2.45, 2.75) is 38.1 Å². The first-order valence-electron chi connectivity index (χ1n) is 9.74. The SMILES string of the molecule is CC(CC(=O)c1ccc2c(c1)C(=O)CCO2)N1CCC(c2ccccc2)C1. The van der Waals surface area contributed by atoms with Crippen LogP contribution in [0.5, 0.6) is 5.75 Å². The maximum atomic E-state index is 12.8. The van der Waals surface area contributed by atoms with E-state index in [0.29, 0.717) is 42.2 Å². The van der Waals surface area contributed by atoms with E-state index in [1.165, 1.54) is 5.56 Å². The number of likely N-dealkylation sites (tertiary alicyclic amines) is 1. The van der Waals surface area contributed by atoms with Gasteiger partial charge >= 0.3 is 0 Å². The standard InChI is InChI=1S/C23H25NO3/c1-16(24-11-9-19(15-24)17-5-3-2-4-6-17)13-22(26)18-7-8-23-20(14-18)21(25)10-12-27-23/h2-8,14,16,19H,9-13,15H2,1H3. The number of hydrogen-bond acceptors (Lipinski definition) is 4. The molecule has 2 aromatic carbocycles. The molecule has 0 aromatic heterocycles. The van der Waals surface area contributed by atoms with Gasteiger partial charge in [0.25, 0.3) is 0 Å². The number of Topliss-reactive ketones (excluding diaryl/α,β-unsaturated/α-hetero) is 2. The zero-order valence-corrected chi connectivity index (χ0v) is 15.7. The molecule has 0 saturated carbocycles. The highest BCUT2D eigenvalue weighted by atomic mass is 16.5. The molecule has 4 rings (SSSR count). The number of carbonyl (C=O) groups excluding carboxylic acids is 2. The Labute approximate surface area is 160 Å². The highest BCUT2D eigenvalue weighted by Crippen LogP contribution is 2.30. The molecule has 27 heavy (non-hydrogen) atoms. The van der Waals surface area contributed by atoms with Gasteiger partial charge in [-0.3, -0.25) is 14.5 Å². The Kier molecular flexibility index (Phi) is 5.08. The van der Waals surface area contributed by atoms with Gasteiger partial charge in [0.15, 0.2) is 11.6 Å². The zero-order chi connectivity index (χ0) is 18.8. The van der Waals surface area contributed by atoms with Gasteiger partial charge in [0.1, 0.15) is 5.75 Å². The summed E-state index contributed by atoms with van der Waals surface area (Å²) in [5.41, 5.74) is 2.54. The fraction of sp³-hybridized carbons (Fsp3) is 0.391. The lowest BCUT2D eigenvalue weighted by Gasteiger charge is -2.24. The van der Waals surface area contributed by atoms with Crippen molar-refractivity contribution in [1.29, 1.82) is 0 Å². The number of ketones is 2. The van der Waals surface area contributed by atoms with Crippen molar-refractivity contribution < 1.29 is 14.3 Å². The van der Waals surface area contributed by atoms with Crippen LogP contribution in [0.25, 0.3) is 0 Å². The van der Waals surface area contributed by atoms with Gasteiger partial charge in [-0.05, 0) is 49.6 Å². The molecule has 2 unspecified atom stereocenters. The molecule has 0 amide bonds. The highest BCUT2D eigenvalue weighted by molar-refractivity contribution is 6.03. The first-order chi connectivity index (χ1) is 13.1. The van der Waals surface area contributed by atoms with E-state index in [2.05, 4.69) is 36.1 Å². The van der Waals surface area contributed by atoms with Gasteiger partial charge in [0, 0.05) is 31.0 Å². The molecule has 1 saturated heterocycles. The number of hydrogen-bond donors (Lipinski definition) is 0. The Hall–Kier alpha value is -2.46. The summed E-state index contributed by atoms with van der Waals surface area (Å²) < 4.78 is 5.50. The van der Waals surface area contributed by atoms with Crippen LogP contribution in [0.3, 0.4) is 0 Å². The number of carbonyl (C=O) groups is 2. The lowest BCUT2D eigenvalue weighted by molar-refractivity contribution is 0.0933. The van der Waals surface area contributed by atoms with Gasteiger partial charge in [0.2, 0.25) is 0 Å². The molecule has 0 radical (unpaired) electrons. The number of fused-ring (bicyclic) bond motifs is 1. The zero-order valence-electron chi connectivity index (χ0n) is 15.7. The number of benzene rings is 2. The molecule has 2 aromatic rings. The Balaban J connectivity index is 1.40. The molecule has 0 bridgehead atoms. The third-order valence-corrected chi connectivity index (χ3v) is 5.78. The minimum Gasteiger partial charge on any atom is -0.492 e. The third-order valence-electron chi connectivity index (χ3n) is 5.78. The second-order valence-corrected chi connectivity index (χ2v) is 7.60. The maximum absolute atomic E-state index is 12.8. The minimum atomic E-state index is 0.0594. The molecule has 4 heteroatoms. The summed E-state index contributed by atoms with van der Waals surface area (Å²) in [6.45, 7) is 4.56. The van der Waals surface area contributed by atoms with E-state index in [-0.39, 0.29) is 17.6 Å². The molecule has 0 N–H and O–H groups in total. The number of rotatable bonds is 5. The smallest absolute Gasteiger partial charge is 0.170 e. The van der Waals surface area contributed by atoms with Crippen LogP contribution in [0.1, 0.15) is 58.4 Å². The Morgan fingerprint density at radius 1 is 1.22 bits per heavy atom. The third kappa shape index (κ3) is 3.81. The van der Waals surface area contributed by atoms with Gasteiger partial charge in [-0.2, -0.15) is 0 Å². The molecule has 140 valence electrons. The van der Waals surface area contributed by atoms with Gasteiger partial charge in [-0.25, -0.2) is 0 Å². The second-order valence-electron chi connectivity index (χ2n) is 7.60. The molecular formula is C23H25NO3. The summed E-state index contributed by atoms with van der Waals surface area (Å²) in [5, 5.41) is 0. The van der Waals surface area contributed by atoms with Crippen LogP contribution in [-0.4, -0.2) is 42.2 Å². The van der Waals surface area contributed by atoms with Crippen molar-refractivity contribution in [3.63, 3.8) is 0 Å². The van der Waals surface area contributed by atoms with Crippen molar-refractivity contribution in [1.82, 2.24) is 4.90 Å². The van der Waals surface area contributed by atoms with Gasteiger partial charge in [0.05, 0.1) is 12.2 Å². The average Bonchev–Trinajstić information content (AvgIpc) is 3.19. The van der Waals surface area contributed by atoms with E-state index in [1.807, 2.05) is 6.07 Å². The van der Waals surface area contributed by atoms with Crippen LogP contribution in [-0.2, 0) is 0 Å². The molecule has 0 spiro atoms. The van der Waals surface area contributed by atoms with Crippen molar-refractivity contribution in [2.24, 2.45) is 0 Å². The molecule has 4 nitrogen and oxygen atoms in total. The van der Waals surface area contributed by atoms with E-state index in [1.54, 1.807) is 18.2 Å². The van der Waals surface area contributed by atoms with Gasteiger partial charge in [-0.1, -0.05) is 30.3 Å². The van der Waals surface area contributed by atoms with E-state index >= 15 is 0 Å². The van der Waals surface area contributed by atoms with E-state index in [4.69, 9.17) is 4.74 Å². The fourth-order valence-corrected chi connectivity index (χ4v) is 4.14. The largest absolute Gasteiger partial charge is 0.492 e. The average molecular weight is 363 g/mol. The predicted octanol–water partition coefficient (Wildman–Crippen LogP) is 4.10. The highest BCUT2D eigenvalue weighted by Gasteiger charge is 2.28. The topological polar surface area (TPSA) is 46.6 Å². The van der Waals surface area contributed by atoms with Crippen LogP contribution >= 0.6 is 0 Å². The molecular weight excluding hydrogens is 338 g/mol. The van der Waals surface area contributed by atoms with Crippen LogP contribution in [0, 0.1) is 0 Å². The minimum absolute atomic E-state index is 0.0594. The summed E-state index contributed by atoms with van der Waals surface area (Å²) in [6, 6.07) is 16.0. The van der Waals surface area contributed by atoms with E-state index in [0.717, 1.165) is 19.5 Å². The summed E-state index contributed by atoms with van der Waals surface area (Å²) in [5.74, 6) is 1.29. The van der Waals surface area contributed by atoms with Crippen LogP contribution in [0.15, 0.2) is 48.5 Å². The second kappa shape index (κ2) is 7.65. The maximum Gasteiger partial charge on any atom is 0.170 e. The molecule has 2 heterocycles. The summed E-state index contributed by atoms with van der Waals surface area (Å²) in [4.78, 5) is 27.2. The number of nitrogens with zero attached hydrogens (tertiary/aromatic N) is 1. The molecule has 0 aliphatic carbocycles. The fourth-order valence-electron chi connectivity index (χ4n) is 4.14. The lowest BCUT2D eigenvalue weighted by Crippen LogP contribution is -2.32. The van der Waals surface area contributed by atoms with Crippen molar-refractivity contribution in [3.8, 4) is 5.75 Å². The normalized spacial score (nSPS) is 20.8. The van der Waals surface area contributed by atoms with Crippen molar-refractivity contribution in [3.05, 3.63) is 65.2 Å². The van der Waals surface area contributed by atoms with Crippen LogP contribution < -0.4 is 4.74 Å². The quantitative estimate of drug-likeness (QED) is 0.750. The Bertz CT molecular complexity index is 846. The predicted molar refractivity (Wildman–Crippen MR) is 105 cm³/mol. The molecule has 2 aliphatic heterocycles. The van der Waals surface area contributed by atoms with Gasteiger partial charge in [-0.15, -0.1) is 0 Å². The molecule has 2 aliphatic rings. The first kappa shape index (κ1) is 17.9.